The standard InChI is InChI=1S/C7H13ClO3/c1-4-11-7(9)5(2)6(8)10-3/h5-6H,4H2,1-3H3. The fourth-order valence-corrected chi connectivity index (χ4v) is 0.688. The fourth-order valence-electron chi connectivity index (χ4n) is 0.585. The maximum Gasteiger partial charge on any atom is 0.312 e. The van der Waals surface area contributed by atoms with Crippen molar-refractivity contribution in [2.24, 2.45) is 5.92 Å². The normalized spacial score (nSPS) is 15.6. The van der Waals surface area contributed by atoms with Gasteiger partial charge in [0.25, 0.3) is 0 Å². The Labute approximate surface area is 71.6 Å². The van der Waals surface area contributed by atoms with Crippen LogP contribution in [0.25, 0.3) is 0 Å². The van der Waals surface area contributed by atoms with E-state index < -0.39 is 11.5 Å². The highest BCUT2D eigenvalue weighted by molar-refractivity contribution is 6.21. The number of hydrogen-bond acceptors (Lipinski definition) is 3. The predicted octanol–water partition coefficient (Wildman–Crippen LogP) is 1.40. The number of esters is 1. The summed E-state index contributed by atoms with van der Waals surface area (Å²) in [5.41, 5.74) is -0.603. The topological polar surface area (TPSA) is 35.5 Å². The van der Waals surface area contributed by atoms with Crippen molar-refractivity contribution in [3.05, 3.63) is 0 Å². The van der Waals surface area contributed by atoms with Gasteiger partial charge in [-0.25, -0.2) is 0 Å². The van der Waals surface area contributed by atoms with Crippen LogP contribution >= 0.6 is 11.6 Å². The highest BCUT2D eigenvalue weighted by Gasteiger charge is 2.22. The van der Waals surface area contributed by atoms with Gasteiger partial charge in [0.2, 0.25) is 0 Å². The van der Waals surface area contributed by atoms with Crippen molar-refractivity contribution in [2.45, 2.75) is 19.4 Å². The lowest BCUT2D eigenvalue weighted by Gasteiger charge is -2.14. The monoisotopic (exact) mass is 180 g/mol. The first-order chi connectivity index (χ1) is 5.13. The predicted molar refractivity (Wildman–Crippen MR) is 42.4 cm³/mol. The third-order valence-electron chi connectivity index (χ3n) is 1.28. The summed E-state index contributed by atoms with van der Waals surface area (Å²) < 4.78 is 9.47. The van der Waals surface area contributed by atoms with Gasteiger partial charge < -0.3 is 9.47 Å². The van der Waals surface area contributed by atoms with Gasteiger partial charge in [-0.1, -0.05) is 11.6 Å². The molecule has 0 fully saturated rings. The minimum absolute atomic E-state index is 0.325. The van der Waals surface area contributed by atoms with Crippen LogP contribution in [0.5, 0.6) is 0 Å². The van der Waals surface area contributed by atoms with E-state index in [2.05, 4.69) is 0 Å². The molecule has 0 spiro atoms. The van der Waals surface area contributed by atoms with Crippen LogP contribution in [0.15, 0.2) is 0 Å². The number of ether oxygens (including phenoxy) is 2. The zero-order chi connectivity index (χ0) is 8.85. The van der Waals surface area contributed by atoms with E-state index >= 15 is 0 Å². The first-order valence-corrected chi connectivity index (χ1v) is 3.90. The van der Waals surface area contributed by atoms with Crippen molar-refractivity contribution in [2.75, 3.05) is 13.7 Å². The number of hydrogen-bond donors (Lipinski definition) is 0. The van der Waals surface area contributed by atoms with E-state index in [1.807, 2.05) is 0 Å². The molecule has 4 heteroatoms. The van der Waals surface area contributed by atoms with E-state index in [-0.39, 0.29) is 5.97 Å². The lowest BCUT2D eigenvalue weighted by atomic mass is 10.2. The number of rotatable bonds is 4. The van der Waals surface area contributed by atoms with Crippen LogP contribution < -0.4 is 0 Å². The summed E-state index contributed by atoms with van der Waals surface area (Å²) in [7, 11) is 1.45. The lowest BCUT2D eigenvalue weighted by Crippen LogP contribution is -2.24. The second-order valence-corrected chi connectivity index (χ2v) is 2.56. The molecule has 0 aromatic rings. The molecule has 11 heavy (non-hydrogen) atoms. The average Bonchev–Trinajstić information content (AvgIpc) is 2.02. The molecule has 2 atom stereocenters. The molecule has 0 rings (SSSR count). The molecule has 0 bridgehead atoms. The second kappa shape index (κ2) is 5.38. The van der Waals surface area contributed by atoms with Crippen LogP contribution in [0.2, 0.25) is 0 Å². The molecule has 0 aliphatic rings. The summed E-state index contributed by atoms with van der Waals surface area (Å²) >= 11 is 5.62. The lowest BCUT2D eigenvalue weighted by molar-refractivity contribution is -0.150. The molecule has 0 saturated carbocycles. The molecule has 0 amide bonds. The number of methoxy groups -OCH3 is 1. The summed E-state index contributed by atoms with van der Waals surface area (Å²) in [4.78, 5) is 11.0. The minimum Gasteiger partial charge on any atom is -0.466 e. The molecular formula is C7H13ClO3. The van der Waals surface area contributed by atoms with Gasteiger partial charge in [0, 0.05) is 7.11 Å². The maximum atomic E-state index is 11.0. The van der Waals surface area contributed by atoms with Gasteiger partial charge in [-0.05, 0) is 13.8 Å². The third-order valence-corrected chi connectivity index (χ3v) is 1.83. The Balaban J connectivity index is 3.80. The highest BCUT2D eigenvalue weighted by atomic mass is 35.5. The summed E-state index contributed by atoms with van der Waals surface area (Å²) in [5, 5.41) is 0. The quantitative estimate of drug-likeness (QED) is 0.485. The smallest absolute Gasteiger partial charge is 0.312 e. The molecule has 0 aliphatic carbocycles. The van der Waals surface area contributed by atoms with Crippen LogP contribution in [0.1, 0.15) is 13.8 Å². The SMILES string of the molecule is CCOC(=O)C(C)C(Cl)OC. The molecule has 66 valence electrons. The Kier molecular flexibility index (Phi) is 5.24. The van der Waals surface area contributed by atoms with Crippen molar-refractivity contribution >= 4 is 17.6 Å². The highest BCUT2D eigenvalue weighted by Crippen LogP contribution is 2.12. The molecule has 0 heterocycles. The zero-order valence-corrected chi connectivity index (χ0v) is 7.72. The molecule has 3 nitrogen and oxygen atoms in total. The van der Waals surface area contributed by atoms with Gasteiger partial charge in [0.15, 0.2) is 0 Å². The Morgan fingerprint density at radius 3 is 2.55 bits per heavy atom. The summed E-state index contributed by atoms with van der Waals surface area (Å²) in [6.45, 7) is 3.79. The average molecular weight is 181 g/mol. The van der Waals surface area contributed by atoms with Gasteiger partial charge >= 0.3 is 5.97 Å². The van der Waals surface area contributed by atoms with Crippen LogP contribution in [0.4, 0.5) is 0 Å². The van der Waals surface area contributed by atoms with Crippen LogP contribution in [-0.2, 0) is 14.3 Å². The van der Waals surface area contributed by atoms with Crippen molar-refractivity contribution in [1.82, 2.24) is 0 Å². The van der Waals surface area contributed by atoms with Crippen molar-refractivity contribution < 1.29 is 14.3 Å². The largest absolute Gasteiger partial charge is 0.466 e. The molecule has 2 unspecified atom stereocenters. The number of halogens is 1. The van der Waals surface area contributed by atoms with Crippen LogP contribution in [0.3, 0.4) is 0 Å². The first-order valence-electron chi connectivity index (χ1n) is 3.47. The summed E-state index contributed by atoms with van der Waals surface area (Å²) in [6, 6.07) is 0. The molecule has 0 aromatic heterocycles. The minimum atomic E-state index is -0.603. The molecular weight excluding hydrogens is 168 g/mol. The Morgan fingerprint density at radius 2 is 2.18 bits per heavy atom. The van der Waals surface area contributed by atoms with Gasteiger partial charge in [-0.3, -0.25) is 4.79 Å². The van der Waals surface area contributed by atoms with E-state index in [0.717, 1.165) is 0 Å². The molecule has 0 N–H and O–H groups in total. The summed E-state index contributed by atoms with van der Waals surface area (Å²) in [5.74, 6) is -0.740. The summed E-state index contributed by atoms with van der Waals surface area (Å²) in [6.07, 6.45) is 0. The molecule has 0 radical (unpaired) electrons. The van der Waals surface area contributed by atoms with E-state index in [4.69, 9.17) is 21.1 Å². The molecule has 0 saturated heterocycles. The number of carbonyl (C=O) groups is 1. The number of carbonyl (C=O) groups excluding carboxylic acids is 1. The van der Waals surface area contributed by atoms with Crippen molar-refractivity contribution in [3.63, 3.8) is 0 Å². The van der Waals surface area contributed by atoms with Gasteiger partial charge in [-0.15, -0.1) is 0 Å². The van der Waals surface area contributed by atoms with Gasteiger partial charge in [-0.2, -0.15) is 0 Å². The van der Waals surface area contributed by atoms with Gasteiger partial charge in [0.05, 0.1) is 12.5 Å². The molecule has 0 aliphatic heterocycles. The second-order valence-electron chi connectivity index (χ2n) is 2.13. The van der Waals surface area contributed by atoms with E-state index in [9.17, 15) is 4.79 Å². The van der Waals surface area contributed by atoms with Crippen LogP contribution in [-0.4, -0.2) is 25.2 Å². The number of alkyl halides is 1. The van der Waals surface area contributed by atoms with Gasteiger partial charge in [0.1, 0.15) is 5.56 Å². The van der Waals surface area contributed by atoms with Crippen molar-refractivity contribution in [3.8, 4) is 0 Å². The van der Waals surface area contributed by atoms with Crippen LogP contribution in [0, 0.1) is 5.92 Å². The molecule has 0 aromatic carbocycles. The maximum absolute atomic E-state index is 11.0. The van der Waals surface area contributed by atoms with Crippen molar-refractivity contribution in [1.29, 1.82) is 0 Å². The van der Waals surface area contributed by atoms with E-state index in [1.165, 1.54) is 7.11 Å². The Hall–Kier alpha value is -0.280. The fraction of sp³-hybridized carbons (Fsp3) is 0.857. The first kappa shape index (κ1) is 10.7. The Morgan fingerprint density at radius 1 is 1.64 bits per heavy atom. The van der Waals surface area contributed by atoms with E-state index in [1.54, 1.807) is 13.8 Å². The Bertz CT molecular complexity index is 127. The van der Waals surface area contributed by atoms with E-state index in [0.29, 0.717) is 6.61 Å². The third kappa shape index (κ3) is 3.58. The zero-order valence-electron chi connectivity index (χ0n) is 6.96.